The first-order valence-electron chi connectivity index (χ1n) is 10.8. The molecule has 4 rings (SSSR count). The minimum absolute atomic E-state index is 0.0937. The molecular weight excluding hydrogens is 450 g/mol. The number of hydrogen-bond acceptors (Lipinski definition) is 7. The third-order valence-electron chi connectivity index (χ3n) is 5.23. The first kappa shape index (κ1) is 23.4. The molecule has 35 heavy (non-hydrogen) atoms. The zero-order valence-electron chi connectivity index (χ0n) is 19.2. The summed E-state index contributed by atoms with van der Waals surface area (Å²) in [4.78, 5) is 28.2. The van der Waals surface area contributed by atoms with Gasteiger partial charge < -0.3 is 14.8 Å². The van der Waals surface area contributed by atoms with Gasteiger partial charge in [-0.2, -0.15) is 5.10 Å². The van der Waals surface area contributed by atoms with E-state index in [9.17, 15) is 14.9 Å². The van der Waals surface area contributed by atoms with Crippen LogP contribution in [-0.2, 0) is 6.54 Å². The fourth-order valence-corrected chi connectivity index (χ4v) is 3.59. The van der Waals surface area contributed by atoms with Gasteiger partial charge in [-0.3, -0.25) is 19.9 Å². The number of methoxy groups -OCH3 is 1. The number of carbonyl (C=O) groups is 1. The Morgan fingerprint density at radius 2 is 1.86 bits per heavy atom. The van der Waals surface area contributed by atoms with Crippen molar-refractivity contribution in [2.24, 2.45) is 0 Å². The Hall–Kier alpha value is -4.73. The van der Waals surface area contributed by atoms with Gasteiger partial charge in [-0.25, -0.2) is 4.68 Å². The minimum atomic E-state index is -0.622. The van der Waals surface area contributed by atoms with Crippen molar-refractivity contribution in [3.63, 3.8) is 0 Å². The van der Waals surface area contributed by atoms with E-state index in [4.69, 9.17) is 14.6 Å². The fourth-order valence-electron chi connectivity index (χ4n) is 3.59. The fraction of sp³-hybridized carbons (Fsp3) is 0.160. The molecule has 0 fully saturated rings. The van der Waals surface area contributed by atoms with Crippen molar-refractivity contribution in [1.82, 2.24) is 20.1 Å². The first-order chi connectivity index (χ1) is 17.0. The zero-order valence-corrected chi connectivity index (χ0v) is 19.2. The highest BCUT2D eigenvalue weighted by Gasteiger charge is 2.25. The van der Waals surface area contributed by atoms with Gasteiger partial charge in [0.2, 0.25) is 0 Å². The number of nitrogens with one attached hydrogen (secondary N) is 1. The lowest BCUT2D eigenvalue weighted by molar-refractivity contribution is -0.385. The van der Waals surface area contributed by atoms with Gasteiger partial charge in [0.25, 0.3) is 11.6 Å². The maximum atomic E-state index is 13.1. The molecule has 2 heterocycles. The maximum absolute atomic E-state index is 13.1. The van der Waals surface area contributed by atoms with Crippen molar-refractivity contribution in [3.8, 4) is 28.4 Å². The van der Waals surface area contributed by atoms with Crippen molar-refractivity contribution in [3.05, 3.63) is 94.4 Å². The van der Waals surface area contributed by atoms with E-state index in [0.29, 0.717) is 12.3 Å². The van der Waals surface area contributed by atoms with Crippen LogP contribution in [0.15, 0.2) is 73.2 Å². The van der Waals surface area contributed by atoms with E-state index in [1.165, 1.54) is 19.2 Å². The quantitative estimate of drug-likeness (QED) is 0.286. The van der Waals surface area contributed by atoms with Gasteiger partial charge in [0.15, 0.2) is 11.5 Å². The monoisotopic (exact) mass is 473 g/mol. The van der Waals surface area contributed by atoms with Crippen molar-refractivity contribution in [2.45, 2.75) is 13.5 Å². The van der Waals surface area contributed by atoms with Crippen LogP contribution in [-0.4, -0.2) is 39.3 Å². The molecule has 0 spiro atoms. The van der Waals surface area contributed by atoms with Crippen LogP contribution in [0.1, 0.15) is 22.8 Å². The first-order valence-corrected chi connectivity index (χ1v) is 10.8. The van der Waals surface area contributed by atoms with E-state index >= 15 is 0 Å². The van der Waals surface area contributed by atoms with E-state index in [2.05, 4.69) is 10.3 Å². The standard InChI is InChI=1S/C25H23N5O5/c1-3-35-23-13-20(21(30(32)33)14-22(23)34-2)25(31)27-15-18-16-29(19-7-5-4-6-8-19)28-24(18)17-9-11-26-12-10-17/h4-14,16H,3,15H2,1-2H3,(H,27,31). The Morgan fingerprint density at radius 1 is 1.11 bits per heavy atom. The second kappa shape index (κ2) is 10.5. The summed E-state index contributed by atoms with van der Waals surface area (Å²) in [7, 11) is 1.38. The number of aromatic nitrogens is 3. The van der Waals surface area contributed by atoms with Gasteiger partial charge >= 0.3 is 0 Å². The number of benzene rings is 2. The average molecular weight is 473 g/mol. The lowest BCUT2D eigenvalue weighted by Gasteiger charge is -2.12. The molecule has 2 aromatic carbocycles. The number of nitro benzene ring substituents is 1. The smallest absolute Gasteiger partial charge is 0.286 e. The highest BCUT2D eigenvalue weighted by Crippen LogP contribution is 2.35. The predicted octanol–water partition coefficient (Wildman–Crippen LogP) is 4.18. The normalized spacial score (nSPS) is 10.6. The molecule has 4 aromatic rings. The number of rotatable bonds is 9. The van der Waals surface area contributed by atoms with Crippen LogP contribution in [0.4, 0.5) is 5.69 Å². The van der Waals surface area contributed by atoms with Crippen LogP contribution in [0.5, 0.6) is 11.5 Å². The highest BCUT2D eigenvalue weighted by molar-refractivity contribution is 5.99. The number of para-hydroxylation sites is 1. The van der Waals surface area contributed by atoms with Crippen molar-refractivity contribution in [2.75, 3.05) is 13.7 Å². The molecule has 10 heteroatoms. The summed E-state index contributed by atoms with van der Waals surface area (Å²) >= 11 is 0. The molecule has 0 saturated carbocycles. The minimum Gasteiger partial charge on any atom is -0.493 e. The number of nitro groups is 1. The molecule has 0 atom stereocenters. The second-order valence-electron chi connectivity index (χ2n) is 7.41. The lowest BCUT2D eigenvalue weighted by atomic mass is 10.1. The van der Waals surface area contributed by atoms with Gasteiger partial charge in [0.05, 0.1) is 36.1 Å². The van der Waals surface area contributed by atoms with Crippen molar-refractivity contribution >= 4 is 11.6 Å². The largest absolute Gasteiger partial charge is 0.493 e. The summed E-state index contributed by atoms with van der Waals surface area (Å²) in [5.41, 5.74) is 2.57. The SMILES string of the molecule is CCOc1cc(C(=O)NCc2cn(-c3ccccc3)nc2-c2ccncc2)c([N+](=O)[O-])cc1OC. The van der Waals surface area contributed by atoms with E-state index in [1.807, 2.05) is 48.7 Å². The molecule has 0 saturated heterocycles. The third kappa shape index (κ3) is 5.11. The molecule has 0 aliphatic rings. The van der Waals surface area contributed by atoms with Crippen molar-refractivity contribution in [1.29, 1.82) is 0 Å². The number of pyridine rings is 1. The number of amides is 1. The van der Waals surface area contributed by atoms with E-state index in [0.717, 1.165) is 16.8 Å². The predicted molar refractivity (Wildman–Crippen MR) is 129 cm³/mol. The molecule has 10 nitrogen and oxygen atoms in total. The van der Waals surface area contributed by atoms with Gasteiger partial charge in [0.1, 0.15) is 5.56 Å². The topological polar surface area (TPSA) is 121 Å². The average Bonchev–Trinajstić information content (AvgIpc) is 3.32. The number of ether oxygens (including phenoxy) is 2. The zero-order chi connectivity index (χ0) is 24.8. The molecule has 1 amide bonds. The summed E-state index contributed by atoms with van der Waals surface area (Å²) in [5.74, 6) is -0.187. The Kier molecular flexibility index (Phi) is 7.01. The summed E-state index contributed by atoms with van der Waals surface area (Å²) in [6.45, 7) is 2.17. The van der Waals surface area contributed by atoms with Gasteiger partial charge in [-0.1, -0.05) is 18.2 Å². The Labute approximate surface area is 201 Å². The van der Waals surface area contributed by atoms with Crippen LogP contribution in [0.2, 0.25) is 0 Å². The number of carbonyl (C=O) groups excluding carboxylic acids is 1. The highest BCUT2D eigenvalue weighted by atomic mass is 16.6. The molecule has 1 N–H and O–H groups in total. The molecule has 0 radical (unpaired) electrons. The summed E-state index contributed by atoms with van der Waals surface area (Å²) in [6, 6.07) is 15.7. The number of nitrogens with zero attached hydrogens (tertiary/aromatic N) is 4. The van der Waals surface area contributed by atoms with E-state index in [1.54, 1.807) is 24.0 Å². The van der Waals surface area contributed by atoms with Gasteiger partial charge in [0, 0.05) is 42.3 Å². The van der Waals surface area contributed by atoms with Crippen LogP contribution in [0, 0.1) is 10.1 Å². The van der Waals surface area contributed by atoms with Gasteiger partial charge in [-0.05, 0) is 31.2 Å². The Balaban J connectivity index is 1.67. The molecule has 0 unspecified atom stereocenters. The van der Waals surface area contributed by atoms with Crippen molar-refractivity contribution < 1.29 is 19.2 Å². The molecule has 2 aromatic heterocycles. The van der Waals surface area contributed by atoms with Gasteiger partial charge in [-0.15, -0.1) is 0 Å². The van der Waals surface area contributed by atoms with E-state index in [-0.39, 0.29) is 29.3 Å². The molecule has 0 bridgehead atoms. The molecule has 178 valence electrons. The maximum Gasteiger partial charge on any atom is 0.286 e. The molecule has 0 aliphatic heterocycles. The molecular formula is C25H23N5O5. The van der Waals surface area contributed by atoms with Crippen LogP contribution < -0.4 is 14.8 Å². The van der Waals surface area contributed by atoms with Crippen LogP contribution >= 0.6 is 0 Å². The second-order valence-corrected chi connectivity index (χ2v) is 7.41. The van der Waals surface area contributed by atoms with Crippen LogP contribution in [0.25, 0.3) is 16.9 Å². The van der Waals surface area contributed by atoms with Crippen LogP contribution in [0.3, 0.4) is 0 Å². The molecule has 0 aliphatic carbocycles. The summed E-state index contributed by atoms with van der Waals surface area (Å²) < 4.78 is 12.4. The lowest BCUT2D eigenvalue weighted by Crippen LogP contribution is -2.24. The summed E-state index contributed by atoms with van der Waals surface area (Å²) in [5, 5.41) is 19.1. The Bertz CT molecular complexity index is 1340. The summed E-state index contributed by atoms with van der Waals surface area (Å²) in [6.07, 6.45) is 5.14. The Morgan fingerprint density at radius 3 is 2.51 bits per heavy atom. The van der Waals surface area contributed by atoms with E-state index < -0.39 is 10.8 Å². The number of hydrogen-bond donors (Lipinski definition) is 1. The third-order valence-corrected chi connectivity index (χ3v) is 5.23.